The van der Waals surface area contributed by atoms with Gasteiger partial charge in [-0.15, -0.1) is 0 Å². The molecular weight excluding hydrogens is 418 g/mol. The van der Waals surface area contributed by atoms with Gasteiger partial charge >= 0.3 is 17.9 Å². The number of carbonyl (C=O) groups is 3. The Morgan fingerprint density at radius 3 is 2.44 bits per heavy atom. The Bertz CT molecular complexity index is 752. The van der Waals surface area contributed by atoms with Crippen LogP contribution >= 0.6 is 0 Å². The first-order valence-corrected chi connectivity index (χ1v) is 11.7. The van der Waals surface area contributed by atoms with Crippen LogP contribution in [0, 0.1) is 29.1 Å². The minimum absolute atomic E-state index is 0.00973. The van der Waals surface area contributed by atoms with E-state index in [9.17, 15) is 19.5 Å². The standard InChI is InChI=1S/C23H35NO8/c1-12-9-16-19(15(22(28)32-16)11-24-5-7-29-8-6-24)21(27)23(4)18(31-14(3)26)10-17(20(12)23)30-13(2)25/h12,15-21,27H,5-11H2,1-4H3/t12-,15-,16+,17+,18+,19-,20+,21+,23-/m1/s1. The molecule has 9 nitrogen and oxygen atoms in total. The van der Waals surface area contributed by atoms with Crippen LogP contribution in [-0.4, -0.2) is 85.2 Å². The van der Waals surface area contributed by atoms with Crippen molar-refractivity contribution in [3.63, 3.8) is 0 Å². The molecule has 32 heavy (non-hydrogen) atoms. The number of morpholine rings is 1. The summed E-state index contributed by atoms with van der Waals surface area (Å²) in [7, 11) is 0. The Morgan fingerprint density at radius 2 is 1.81 bits per heavy atom. The van der Waals surface area contributed by atoms with Crippen LogP contribution in [0.3, 0.4) is 0 Å². The number of aliphatic hydroxyl groups excluding tert-OH is 1. The average Bonchev–Trinajstić information content (AvgIpc) is 3.12. The van der Waals surface area contributed by atoms with Gasteiger partial charge in [0.2, 0.25) is 0 Å². The van der Waals surface area contributed by atoms with Gasteiger partial charge in [-0.1, -0.05) is 13.8 Å². The Hall–Kier alpha value is -1.71. The molecule has 2 aliphatic heterocycles. The molecule has 0 aromatic carbocycles. The summed E-state index contributed by atoms with van der Waals surface area (Å²) in [6.07, 6.45) is -1.56. The van der Waals surface area contributed by atoms with E-state index in [0.717, 1.165) is 13.1 Å². The van der Waals surface area contributed by atoms with E-state index in [4.69, 9.17) is 18.9 Å². The van der Waals surface area contributed by atoms with E-state index >= 15 is 0 Å². The highest BCUT2D eigenvalue weighted by atomic mass is 16.6. The summed E-state index contributed by atoms with van der Waals surface area (Å²) >= 11 is 0. The molecule has 0 aromatic heterocycles. The van der Waals surface area contributed by atoms with Crippen LogP contribution < -0.4 is 0 Å². The first-order valence-electron chi connectivity index (χ1n) is 11.7. The van der Waals surface area contributed by atoms with Gasteiger partial charge in [-0.3, -0.25) is 19.3 Å². The van der Waals surface area contributed by atoms with E-state index in [1.54, 1.807) is 0 Å². The predicted molar refractivity (Wildman–Crippen MR) is 111 cm³/mol. The van der Waals surface area contributed by atoms with Crippen molar-refractivity contribution in [3.05, 3.63) is 0 Å². The normalized spacial score (nSPS) is 44.2. The van der Waals surface area contributed by atoms with Crippen molar-refractivity contribution in [1.82, 2.24) is 4.90 Å². The third kappa shape index (κ3) is 4.03. The number of hydrogen-bond donors (Lipinski definition) is 1. The summed E-state index contributed by atoms with van der Waals surface area (Å²) in [4.78, 5) is 38.8. The van der Waals surface area contributed by atoms with Crippen LogP contribution in [0.15, 0.2) is 0 Å². The van der Waals surface area contributed by atoms with Crippen LogP contribution in [0.4, 0.5) is 0 Å². The summed E-state index contributed by atoms with van der Waals surface area (Å²) in [5.74, 6) is -2.24. The second kappa shape index (κ2) is 8.91. The fraction of sp³-hybridized carbons (Fsp3) is 0.870. The summed E-state index contributed by atoms with van der Waals surface area (Å²) in [5.41, 5.74) is -0.873. The second-order valence-corrected chi connectivity index (χ2v) is 10.1. The van der Waals surface area contributed by atoms with Crippen LogP contribution in [0.25, 0.3) is 0 Å². The number of nitrogens with zero attached hydrogens (tertiary/aromatic N) is 1. The SMILES string of the molecule is CC(=O)O[C@H]1C[C@H](OC(C)=O)[C@]2(C)[C@H]1[C@H](C)C[C@@H]1OC(=O)[C@H](CN3CCOCC3)[C@H]1[C@@H]2O. The lowest BCUT2D eigenvalue weighted by atomic mass is 9.66. The topological polar surface area (TPSA) is 112 Å². The third-order valence-corrected chi connectivity index (χ3v) is 8.13. The Kier molecular flexibility index (Phi) is 6.53. The Balaban J connectivity index is 1.68. The number of rotatable bonds is 4. The average molecular weight is 454 g/mol. The maximum absolute atomic E-state index is 12.9. The lowest BCUT2D eigenvalue weighted by Crippen LogP contribution is -2.53. The molecule has 9 atom stereocenters. The van der Waals surface area contributed by atoms with Crippen LogP contribution in [-0.2, 0) is 33.3 Å². The van der Waals surface area contributed by atoms with Crippen LogP contribution in [0.2, 0.25) is 0 Å². The molecule has 0 aromatic rings. The van der Waals surface area contributed by atoms with Crippen LogP contribution in [0.1, 0.15) is 40.5 Å². The van der Waals surface area contributed by atoms with Gasteiger partial charge in [0.15, 0.2) is 0 Å². The van der Waals surface area contributed by atoms with Crippen molar-refractivity contribution in [2.75, 3.05) is 32.8 Å². The van der Waals surface area contributed by atoms with Crippen molar-refractivity contribution >= 4 is 17.9 Å². The number of ether oxygens (including phenoxy) is 4. The summed E-state index contributed by atoms with van der Waals surface area (Å²) in [5, 5.41) is 11.9. The van der Waals surface area contributed by atoms with E-state index in [1.807, 2.05) is 13.8 Å². The third-order valence-electron chi connectivity index (χ3n) is 8.13. The van der Waals surface area contributed by atoms with E-state index in [0.29, 0.717) is 32.6 Å². The van der Waals surface area contributed by atoms with E-state index in [1.165, 1.54) is 13.8 Å². The molecule has 4 fully saturated rings. The van der Waals surface area contributed by atoms with Gasteiger partial charge in [0, 0.05) is 57.2 Å². The van der Waals surface area contributed by atoms with Gasteiger partial charge in [0.1, 0.15) is 18.3 Å². The molecule has 0 spiro atoms. The van der Waals surface area contributed by atoms with Crippen molar-refractivity contribution in [2.24, 2.45) is 29.1 Å². The molecule has 0 bridgehead atoms. The maximum atomic E-state index is 12.9. The fourth-order valence-electron chi connectivity index (χ4n) is 6.85. The quantitative estimate of drug-likeness (QED) is 0.487. The first-order chi connectivity index (χ1) is 15.1. The van der Waals surface area contributed by atoms with Crippen molar-refractivity contribution < 1.29 is 38.4 Å². The van der Waals surface area contributed by atoms with Crippen molar-refractivity contribution in [2.45, 2.75) is 65.0 Å². The van der Waals surface area contributed by atoms with Gasteiger partial charge in [0.25, 0.3) is 0 Å². The minimum Gasteiger partial charge on any atom is -0.462 e. The predicted octanol–water partition coefficient (Wildman–Crippen LogP) is 0.767. The largest absolute Gasteiger partial charge is 0.462 e. The molecule has 2 saturated heterocycles. The number of fused-ring (bicyclic) bond motifs is 2. The van der Waals surface area contributed by atoms with E-state index in [-0.39, 0.29) is 17.8 Å². The molecule has 2 heterocycles. The lowest BCUT2D eigenvalue weighted by molar-refractivity contribution is -0.165. The molecule has 2 saturated carbocycles. The molecule has 9 heteroatoms. The summed E-state index contributed by atoms with van der Waals surface area (Å²) in [6.45, 7) is 9.86. The monoisotopic (exact) mass is 453 g/mol. The number of esters is 3. The molecule has 4 rings (SSSR count). The molecule has 0 amide bonds. The zero-order valence-electron chi connectivity index (χ0n) is 19.3. The number of hydrogen-bond acceptors (Lipinski definition) is 9. The molecular formula is C23H35NO8. The minimum atomic E-state index is -0.954. The number of aliphatic hydroxyl groups is 1. The van der Waals surface area contributed by atoms with E-state index in [2.05, 4.69) is 4.90 Å². The lowest BCUT2D eigenvalue weighted by Gasteiger charge is -2.43. The van der Waals surface area contributed by atoms with Gasteiger partial charge in [-0.25, -0.2) is 0 Å². The molecule has 180 valence electrons. The molecule has 2 aliphatic carbocycles. The second-order valence-electron chi connectivity index (χ2n) is 10.1. The molecule has 4 aliphatic rings. The number of carbonyl (C=O) groups excluding carboxylic acids is 3. The molecule has 1 N–H and O–H groups in total. The fourth-order valence-corrected chi connectivity index (χ4v) is 6.85. The van der Waals surface area contributed by atoms with Gasteiger partial charge in [-0.05, 0) is 12.3 Å². The highest BCUT2D eigenvalue weighted by Gasteiger charge is 2.67. The summed E-state index contributed by atoms with van der Waals surface area (Å²) in [6, 6.07) is 0. The van der Waals surface area contributed by atoms with Crippen molar-refractivity contribution in [3.8, 4) is 0 Å². The van der Waals surface area contributed by atoms with Gasteiger partial charge in [-0.2, -0.15) is 0 Å². The molecule has 0 unspecified atom stereocenters. The smallest absolute Gasteiger partial charge is 0.311 e. The van der Waals surface area contributed by atoms with Crippen LogP contribution in [0.5, 0.6) is 0 Å². The zero-order chi connectivity index (χ0) is 23.2. The zero-order valence-corrected chi connectivity index (χ0v) is 19.3. The highest BCUT2D eigenvalue weighted by molar-refractivity contribution is 5.76. The van der Waals surface area contributed by atoms with E-state index < -0.39 is 53.6 Å². The van der Waals surface area contributed by atoms with Crippen molar-refractivity contribution in [1.29, 1.82) is 0 Å². The van der Waals surface area contributed by atoms with Gasteiger partial charge in [0.05, 0.1) is 25.2 Å². The highest BCUT2D eigenvalue weighted by Crippen LogP contribution is 2.58. The molecule has 0 radical (unpaired) electrons. The summed E-state index contributed by atoms with van der Waals surface area (Å²) < 4.78 is 22.6. The Labute approximate surface area is 188 Å². The maximum Gasteiger partial charge on any atom is 0.311 e. The van der Waals surface area contributed by atoms with Gasteiger partial charge < -0.3 is 24.1 Å². The Morgan fingerprint density at radius 1 is 1.16 bits per heavy atom. The first kappa shape index (κ1) is 23.4.